The Morgan fingerprint density at radius 3 is 2.02 bits per heavy atom. The number of aromatic amines is 1. The van der Waals surface area contributed by atoms with Crippen LogP contribution in [0.2, 0.25) is 0 Å². The maximum Gasteiger partial charge on any atom is 0.305 e. The molecule has 2 saturated heterocycles. The van der Waals surface area contributed by atoms with Gasteiger partial charge in [-0.15, -0.1) is 0 Å². The molecular formula is C43H68N10O9. The van der Waals surface area contributed by atoms with E-state index in [1.165, 1.54) is 0 Å². The zero-order valence-corrected chi connectivity index (χ0v) is 36.0. The van der Waals surface area contributed by atoms with Crippen molar-refractivity contribution in [2.45, 2.75) is 127 Å². The molecule has 0 aliphatic carbocycles. The maximum atomic E-state index is 13.8. The smallest absolute Gasteiger partial charge is 0.305 e. The quantitative estimate of drug-likeness (QED) is 0.0625. The van der Waals surface area contributed by atoms with Crippen LogP contribution in [0, 0.1) is 17.8 Å². The standard InChI is InChI=1S/C43H68N10O9/c1-25(2)16-29(19-37(54)50-28(21-41(59)60)9-10-40(57)58)51-43(62)33-24-47-15-12-36(33)53-39(56)18-27(6-5-13-44)49-38(55)20-30(52-42(61)32-23-46-14-11-34(32)45)17-26-22-48-35-8-4-3-7-31(26)35/h3-4,7-8,22,25,27-30,32-34,36,46-48H,5-6,9-21,23-24,44-45H2,1-2H3,(H,49,55)(H,50,54)(H,51,62)(H,52,61)(H,53,56)(H,57,58)(H,59,60)/t27-,28-,29-,30-,32+,33+,34+,36+/m0/s1. The van der Waals surface area contributed by atoms with E-state index in [9.17, 15) is 38.7 Å². The number of piperidine rings is 2. The van der Waals surface area contributed by atoms with Crippen LogP contribution in [-0.4, -0.2) is 126 Å². The molecule has 5 amide bonds. The van der Waals surface area contributed by atoms with Crippen LogP contribution < -0.4 is 48.7 Å². The number of aliphatic carboxylic acids is 2. The largest absolute Gasteiger partial charge is 0.481 e. The third-order valence-corrected chi connectivity index (χ3v) is 11.5. The number of carbonyl (C=O) groups excluding carboxylic acids is 5. The summed E-state index contributed by atoms with van der Waals surface area (Å²) < 4.78 is 0. The molecule has 3 heterocycles. The van der Waals surface area contributed by atoms with E-state index in [1.807, 2.05) is 44.3 Å². The van der Waals surface area contributed by atoms with E-state index < -0.39 is 66.3 Å². The second-order valence-electron chi connectivity index (χ2n) is 17.2. The van der Waals surface area contributed by atoms with E-state index >= 15 is 0 Å². The van der Waals surface area contributed by atoms with E-state index in [4.69, 9.17) is 16.6 Å². The average Bonchev–Trinajstić information content (AvgIpc) is 3.61. The third-order valence-electron chi connectivity index (χ3n) is 11.5. The van der Waals surface area contributed by atoms with Gasteiger partial charge in [-0.25, -0.2) is 0 Å². The van der Waals surface area contributed by atoms with E-state index in [2.05, 4.69) is 42.2 Å². The predicted octanol–water partition coefficient (Wildman–Crippen LogP) is -0.0245. The van der Waals surface area contributed by atoms with Gasteiger partial charge < -0.3 is 63.9 Å². The fraction of sp³-hybridized carbons (Fsp3) is 0.651. The Morgan fingerprint density at radius 1 is 0.742 bits per heavy atom. The summed E-state index contributed by atoms with van der Waals surface area (Å²) in [4.78, 5) is 93.5. The Hall–Kier alpha value is -5.11. The first kappa shape index (κ1) is 49.5. The molecule has 19 heteroatoms. The van der Waals surface area contributed by atoms with E-state index in [-0.39, 0.29) is 74.2 Å². The van der Waals surface area contributed by atoms with Crippen LogP contribution in [0.4, 0.5) is 0 Å². The molecule has 344 valence electrons. The Morgan fingerprint density at radius 2 is 1.35 bits per heavy atom. The number of carbonyl (C=O) groups is 7. The van der Waals surface area contributed by atoms with Gasteiger partial charge in [-0.2, -0.15) is 0 Å². The van der Waals surface area contributed by atoms with Gasteiger partial charge in [-0.05, 0) is 82.1 Å². The van der Waals surface area contributed by atoms with Crippen molar-refractivity contribution in [2.75, 3.05) is 32.7 Å². The number of aromatic nitrogens is 1. The summed E-state index contributed by atoms with van der Waals surface area (Å²) in [5.41, 5.74) is 14.0. The van der Waals surface area contributed by atoms with Gasteiger partial charge in [0, 0.05) is 92.1 Å². The van der Waals surface area contributed by atoms with Gasteiger partial charge in [0.2, 0.25) is 29.5 Å². The normalized spacial score (nSPS) is 20.9. The van der Waals surface area contributed by atoms with Crippen LogP contribution in [0.25, 0.3) is 10.9 Å². The van der Waals surface area contributed by atoms with Crippen LogP contribution in [0.15, 0.2) is 30.5 Å². The number of hydrogen-bond donors (Lipinski definition) is 12. The van der Waals surface area contributed by atoms with Crippen LogP contribution in [0.3, 0.4) is 0 Å². The highest BCUT2D eigenvalue weighted by molar-refractivity contribution is 5.86. The monoisotopic (exact) mass is 869 g/mol. The first-order valence-electron chi connectivity index (χ1n) is 22.0. The van der Waals surface area contributed by atoms with Crippen molar-refractivity contribution in [3.63, 3.8) is 0 Å². The first-order valence-corrected chi connectivity index (χ1v) is 22.0. The lowest BCUT2D eigenvalue weighted by Crippen LogP contribution is -2.57. The summed E-state index contributed by atoms with van der Waals surface area (Å²) in [6.07, 6.45) is 3.71. The molecule has 62 heavy (non-hydrogen) atoms. The van der Waals surface area contributed by atoms with Crippen molar-refractivity contribution in [3.05, 3.63) is 36.0 Å². The molecule has 2 aliphatic rings. The summed E-state index contributed by atoms with van der Waals surface area (Å²) in [6.45, 7) is 6.21. The van der Waals surface area contributed by atoms with Gasteiger partial charge in [-0.1, -0.05) is 32.0 Å². The second-order valence-corrected chi connectivity index (χ2v) is 17.2. The third kappa shape index (κ3) is 16.6. The molecule has 0 bridgehead atoms. The number of para-hydroxylation sites is 1. The van der Waals surface area contributed by atoms with E-state index in [0.717, 1.165) is 23.0 Å². The molecule has 1 aromatic carbocycles. The summed E-state index contributed by atoms with van der Waals surface area (Å²) in [5, 5.41) is 40.5. The van der Waals surface area contributed by atoms with Gasteiger partial charge in [-0.3, -0.25) is 33.6 Å². The Kier molecular flexibility index (Phi) is 20.1. The van der Waals surface area contributed by atoms with Gasteiger partial charge >= 0.3 is 11.9 Å². The Labute approximate surface area is 362 Å². The number of nitrogens with two attached hydrogens (primary N) is 2. The lowest BCUT2D eigenvalue weighted by atomic mass is 9.91. The first-order chi connectivity index (χ1) is 29.6. The topological polar surface area (TPSA) is 312 Å². The predicted molar refractivity (Wildman–Crippen MR) is 232 cm³/mol. The van der Waals surface area contributed by atoms with Crippen molar-refractivity contribution < 1.29 is 43.8 Å². The number of benzene rings is 1. The Balaban J connectivity index is 1.39. The number of rotatable bonds is 25. The van der Waals surface area contributed by atoms with Crippen LogP contribution in [0.5, 0.6) is 0 Å². The van der Waals surface area contributed by atoms with E-state index in [1.54, 1.807) is 0 Å². The molecule has 0 saturated carbocycles. The molecule has 8 atom stereocenters. The van der Waals surface area contributed by atoms with Crippen molar-refractivity contribution in [1.82, 2.24) is 42.2 Å². The number of carboxylic acid groups (broad SMARTS) is 2. The summed E-state index contributed by atoms with van der Waals surface area (Å²) >= 11 is 0. The minimum Gasteiger partial charge on any atom is -0.481 e. The zero-order chi connectivity index (χ0) is 45.2. The molecule has 1 aromatic heterocycles. The van der Waals surface area contributed by atoms with Crippen molar-refractivity contribution in [1.29, 1.82) is 0 Å². The van der Waals surface area contributed by atoms with Crippen molar-refractivity contribution in [2.24, 2.45) is 29.2 Å². The highest BCUT2D eigenvalue weighted by atomic mass is 16.4. The fourth-order valence-electron chi connectivity index (χ4n) is 8.43. The number of hydrogen-bond acceptors (Lipinski definition) is 11. The molecule has 2 fully saturated rings. The summed E-state index contributed by atoms with van der Waals surface area (Å²) in [7, 11) is 0. The zero-order valence-electron chi connectivity index (χ0n) is 36.0. The molecule has 14 N–H and O–H groups in total. The highest BCUT2D eigenvalue weighted by Crippen LogP contribution is 2.21. The number of H-pyrrole nitrogens is 1. The molecule has 0 radical (unpaired) electrons. The van der Waals surface area contributed by atoms with Gasteiger partial charge in [0.15, 0.2) is 0 Å². The minimum absolute atomic E-state index is 0.0456. The molecule has 0 spiro atoms. The SMILES string of the molecule is CC(C)C[C@@H](CC(=O)N[C@@H](CCC(=O)O)CC(=O)O)NC(=O)[C@@H]1CNCC[C@H]1NC(=O)C[C@H](CCCN)NC(=O)C[C@H](Cc1c[nH]c2ccccc12)NC(=O)[C@@H]1CNCC[C@H]1N. The van der Waals surface area contributed by atoms with Crippen molar-refractivity contribution in [3.8, 4) is 0 Å². The van der Waals surface area contributed by atoms with Crippen LogP contribution >= 0.6 is 0 Å². The summed E-state index contributed by atoms with van der Waals surface area (Å²) in [6, 6.07) is 4.31. The molecule has 4 rings (SSSR count). The molecule has 0 unspecified atom stereocenters. The highest BCUT2D eigenvalue weighted by Gasteiger charge is 2.35. The second kappa shape index (κ2) is 25.1. The molecular weight excluding hydrogens is 801 g/mol. The molecule has 2 aromatic rings. The van der Waals surface area contributed by atoms with Gasteiger partial charge in [0.1, 0.15) is 0 Å². The van der Waals surface area contributed by atoms with Crippen LogP contribution in [-0.2, 0) is 40.0 Å². The Bertz CT molecular complexity index is 1820. The molecule has 19 nitrogen and oxygen atoms in total. The van der Waals surface area contributed by atoms with Gasteiger partial charge in [0.25, 0.3) is 0 Å². The van der Waals surface area contributed by atoms with Crippen LogP contribution in [0.1, 0.15) is 90.0 Å². The van der Waals surface area contributed by atoms with Gasteiger partial charge in [0.05, 0.1) is 18.3 Å². The fourth-order valence-corrected chi connectivity index (χ4v) is 8.43. The number of amides is 5. The lowest BCUT2D eigenvalue weighted by Gasteiger charge is -2.34. The lowest BCUT2D eigenvalue weighted by molar-refractivity contribution is -0.140. The van der Waals surface area contributed by atoms with E-state index in [0.29, 0.717) is 58.2 Å². The molecule has 2 aliphatic heterocycles. The minimum atomic E-state index is -1.18. The number of nitrogens with one attached hydrogen (secondary N) is 8. The maximum absolute atomic E-state index is 13.8. The number of carboxylic acids is 2. The average molecular weight is 869 g/mol. The number of fused-ring (bicyclic) bond motifs is 1. The summed E-state index contributed by atoms with van der Waals surface area (Å²) in [5.74, 6) is -5.13. The van der Waals surface area contributed by atoms with Crippen molar-refractivity contribution >= 4 is 52.4 Å².